The third-order valence-corrected chi connectivity index (χ3v) is 2.88. The molecule has 0 rings (SSSR count). The Morgan fingerprint density at radius 3 is 2.08 bits per heavy atom. The average molecular weight is 171 g/mol. The molecule has 0 bridgehead atoms. The summed E-state index contributed by atoms with van der Waals surface area (Å²) < 4.78 is 0. The summed E-state index contributed by atoms with van der Waals surface area (Å²) in [4.78, 5) is 0. The predicted octanol–water partition coefficient (Wildman–Crippen LogP) is 3.06. The monoisotopic (exact) mass is 171 g/mol. The Balaban J connectivity index is 3.47. The predicted molar refractivity (Wildman–Crippen MR) is 56.4 cm³/mol. The van der Waals surface area contributed by atoms with Crippen molar-refractivity contribution in [3.8, 4) is 0 Å². The summed E-state index contributed by atoms with van der Waals surface area (Å²) >= 11 is 0. The molecule has 0 aromatic carbocycles. The molecule has 0 heterocycles. The normalized spacial score (nSPS) is 13.8. The van der Waals surface area contributed by atoms with Gasteiger partial charge in [0.05, 0.1) is 0 Å². The molecule has 0 aliphatic rings. The van der Waals surface area contributed by atoms with Gasteiger partial charge in [-0.3, -0.25) is 0 Å². The van der Waals surface area contributed by atoms with Crippen molar-refractivity contribution in [2.24, 2.45) is 11.8 Å². The molecular weight excluding hydrogens is 146 g/mol. The van der Waals surface area contributed by atoms with E-state index in [2.05, 4.69) is 33.0 Å². The number of nitrogens with one attached hydrogen (secondary N) is 1. The molecule has 0 aromatic heterocycles. The van der Waals surface area contributed by atoms with E-state index < -0.39 is 0 Å². The summed E-state index contributed by atoms with van der Waals surface area (Å²) in [5, 5.41) is 3.38. The van der Waals surface area contributed by atoms with Gasteiger partial charge in [-0.1, -0.05) is 40.5 Å². The van der Waals surface area contributed by atoms with Crippen LogP contribution < -0.4 is 5.32 Å². The van der Waals surface area contributed by atoms with Gasteiger partial charge in [0.2, 0.25) is 0 Å². The fraction of sp³-hybridized carbons (Fsp3) is 1.00. The van der Waals surface area contributed by atoms with Crippen LogP contribution in [0, 0.1) is 11.8 Å². The molecule has 0 aliphatic carbocycles. The second kappa shape index (κ2) is 7.60. The molecule has 1 heteroatoms. The zero-order valence-corrected chi connectivity index (χ0v) is 9.19. The quantitative estimate of drug-likeness (QED) is 0.580. The first-order valence-corrected chi connectivity index (χ1v) is 5.46. The second-order valence-electron chi connectivity index (χ2n) is 3.70. The summed E-state index contributed by atoms with van der Waals surface area (Å²) in [5.74, 6) is 1.82. The Hall–Kier alpha value is -0.0400. The highest BCUT2D eigenvalue weighted by Crippen LogP contribution is 2.21. The van der Waals surface area contributed by atoms with Crippen molar-refractivity contribution in [1.82, 2.24) is 5.32 Å². The van der Waals surface area contributed by atoms with E-state index in [-0.39, 0.29) is 0 Å². The van der Waals surface area contributed by atoms with E-state index in [1.54, 1.807) is 0 Å². The van der Waals surface area contributed by atoms with E-state index in [4.69, 9.17) is 0 Å². The highest BCUT2D eigenvalue weighted by Gasteiger charge is 2.12. The third-order valence-electron chi connectivity index (χ3n) is 2.88. The lowest BCUT2D eigenvalue weighted by Gasteiger charge is -2.20. The van der Waals surface area contributed by atoms with Crippen molar-refractivity contribution < 1.29 is 0 Å². The summed E-state index contributed by atoms with van der Waals surface area (Å²) in [6, 6.07) is 0. The molecule has 0 amide bonds. The Morgan fingerprint density at radius 2 is 1.67 bits per heavy atom. The molecule has 0 aromatic rings. The number of hydrogen-bond acceptors (Lipinski definition) is 1. The summed E-state index contributed by atoms with van der Waals surface area (Å²) in [7, 11) is 0. The van der Waals surface area contributed by atoms with Gasteiger partial charge in [-0.15, -0.1) is 0 Å². The summed E-state index contributed by atoms with van der Waals surface area (Å²) in [6.07, 6.45) is 4.01. The fourth-order valence-corrected chi connectivity index (χ4v) is 1.84. The van der Waals surface area contributed by atoms with Crippen LogP contribution in [0.4, 0.5) is 0 Å². The van der Waals surface area contributed by atoms with Crippen molar-refractivity contribution in [1.29, 1.82) is 0 Å². The maximum Gasteiger partial charge on any atom is -0.00464 e. The van der Waals surface area contributed by atoms with Crippen molar-refractivity contribution in [2.75, 3.05) is 13.1 Å². The molecule has 1 nitrogen and oxygen atoms in total. The lowest BCUT2D eigenvalue weighted by atomic mass is 9.87. The standard InChI is InChI=1S/C11H25N/c1-5-11(6-2)10(4)8-9-12-7-3/h10-12H,5-9H2,1-4H3. The van der Waals surface area contributed by atoms with Crippen molar-refractivity contribution in [2.45, 2.75) is 47.0 Å². The molecule has 74 valence electrons. The van der Waals surface area contributed by atoms with Crippen LogP contribution >= 0.6 is 0 Å². The van der Waals surface area contributed by atoms with Crippen LogP contribution in [0.5, 0.6) is 0 Å². The van der Waals surface area contributed by atoms with E-state index in [0.29, 0.717) is 0 Å². The lowest BCUT2D eigenvalue weighted by Crippen LogP contribution is -2.20. The van der Waals surface area contributed by atoms with E-state index in [1.807, 2.05) is 0 Å². The highest BCUT2D eigenvalue weighted by atomic mass is 14.8. The van der Waals surface area contributed by atoms with Crippen LogP contribution in [0.1, 0.15) is 47.0 Å². The molecule has 0 aliphatic heterocycles. The van der Waals surface area contributed by atoms with Crippen LogP contribution in [0.2, 0.25) is 0 Å². The third kappa shape index (κ3) is 4.76. The van der Waals surface area contributed by atoms with Crippen LogP contribution in [0.25, 0.3) is 0 Å². The van der Waals surface area contributed by atoms with Crippen molar-refractivity contribution >= 4 is 0 Å². The zero-order valence-electron chi connectivity index (χ0n) is 9.19. The molecule has 0 radical (unpaired) electrons. The topological polar surface area (TPSA) is 12.0 Å². The maximum absolute atomic E-state index is 3.38. The van der Waals surface area contributed by atoms with E-state index in [9.17, 15) is 0 Å². The average Bonchev–Trinajstić information content (AvgIpc) is 2.07. The molecule has 12 heavy (non-hydrogen) atoms. The minimum Gasteiger partial charge on any atom is -0.317 e. The Bertz CT molecular complexity index is 87.0. The molecule has 1 unspecified atom stereocenters. The maximum atomic E-state index is 3.38. The number of rotatable bonds is 7. The van der Waals surface area contributed by atoms with Crippen molar-refractivity contribution in [3.05, 3.63) is 0 Å². The summed E-state index contributed by atoms with van der Waals surface area (Å²) in [5.41, 5.74) is 0. The number of hydrogen-bond donors (Lipinski definition) is 1. The van der Waals surface area contributed by atoms with E-state index >= 15 is 0 Å². The van der Waals surface area contributed by atoms with E-state index in [0.717, 1.165) is 18.4 Å². The van der Waals surface area contributed by atoms with Gasteiger partial charge in [-0.2, -0.15) is 0 Å². The second-order valence-corrected chi connectivity index (χ2v) is 3.70. The van der Waals surface area contributed by atoms with Gasteiger partial charge in [0, 0.05) is 0 Å². The SMILES string of the molecule is CCNCCC(C)C(CC)CC. The van der Waals surface area contributed by atoms with Gasteiger partial charge in [-0.25, -0.2) is 0 Å². The van der Waals surface area contributed by atoms with Crippen LogP contribution in [-0.2, 0) is 0 Å². The summed E-state index contributed by atoms with van der Waals surface area (Å²) in [6.45, 7) is 11.5. The molecule has 0 saturated carbocycles. The first-order chi connectivity index (χ1) is 5.76. The highest BCUT2D eigenvalue weighted by molar-refractivity contribution is 4.64. The van der Waals surface area contributed by atoms with Gasteiger partial charge >= 0.3 is 0 Å². The molecule has 0 fully saturated rings. The first kappa shape index (κ1) is 12.0. The fourth-order valence-electron chi connectivity index (χ4n) is 1.84. The lowest BCUT2D eigenvalue weighted by molar-refractivity contribution is 0.315. The Morgan fingerprint density at radius 1 is 1.08 bits per heavy atom. The van der Waals surface area contributed by atoms with Gasteiger partial charge in [0.1, 0.15) is 0 Å². The van der Waals surface area contributed by atoms with Crippen LogP contribution in [0.3, 0.4) is 0 Å². The Labute approximate surface area is 77.9 Å². The molecule has 0 saturated heterocycles. The van der Waals surface area contributed by atoms with Gasteiger partial charge in [0.15, 0.2) is 0 Å². The minimum atomic E-state index is 0.888. The zero-order chi connectivity index (χ0) is 9.40. The van der Waals surface area contributed by atoms with Crippen molar-refractivity contribution in [3.63, 3.8) is 0 Å². The smallest absolute Gasteiger partial charge is 0.00464 e. The molecule has 1 N–H and O–H groups in total. The first-order valence-electron chi connectivity index (χ1n) is 5.46. The largest absolute Gasteiger partial charge is 0.317 e. The Kier molecular flexibility index (Phi) is 7.58. The van der Waals surface area contributed by atoms with Gasteiger partial charge in [0.25, 0.3) is 0 Å². The van der Waals surface area contributed by atoms with Gasteiger partial charge in [-0.05, 0) is 31.3 Å². The molecule has 1 atom stereocenters. The minimum absolute atomic E-state index is 0.888. The molecular formula is C11H25N. The molecule has 0 spiro atoms. The van der Waals surface area contributed by atoms with Crippen LogP contribution in [0.15, 0.2) is 0 Å². The van der Waals surface area contributed by atoms with E-state index in [1.165, 1.54) is 25.8 Å². The van der Waals surface area contributed by atoms with Crippen LogP contribution in [-0.4, -0.2) is 13.1 Å². The van der Waals surface area contributed by atoms with Gasteiger partial charge < -0.3 is 5.32 Å².